The normalized spacial score (nSPS) is 15.2. The standard InChI is InChI=1S/C12H19BrN2O8S4/c1-24(16,17)14(25(2,18)19)9-12(10-5-7-11(13)8-6-10)15(26(3,20)21)27(4,22)23/h5-8,12H,9H2,1-4H3. The predicted molar refractivity (Wildman–Crippen MR) is 105 cm³/mol. The summed E-state index contributed by atoms with van der Waals surface area (Å²) in [5.74, 6) is 0. The Labute approximate surface area is 168 Å². The number of rotatable bonds is 8. The number of halogens is 1. The van der Waals surface area contributed by atoms with E-state index in [-0.39, 0.29) is 13.0 Å². The summed E-state index contributed by atoms with van der Waals surface area (Å²) in [6.07, 6.45) is 2.51. The van der Waals surface area contributed by atoms with E-state index < -0.39 is 52.7 Å². The molecule has 1 rings (SSSR count). The van der Waals surface area contributed by atoms with Crippen LogP contribution < -0.4 is 0 Å². The third-order valence-corrected chi connectivity index (χ3v) is 10.6. The summed E-state index contributed by atoms with van der Waals surface area (Å²) in [4.78, 5) is 0. The average Bonchev–Trinajstić information content (AvgIpc) is 2.38. The summed E-state index contributed by atoms with van der Waals surface area (Å²) in [5, 5.41) is 0. The van der Waals surface area contributed by atoms with Gasteiger partial charge in [0.05, 0.1) is 37.6 Å². The molecule has 1 unspecified atom stereocenters. The number of hydrogen-bond acceptors (Lipinski definition) is 8. The molecule has 156 valence electrons. The Kier molecular flexibility index (Phi) is 7.28. The summed E-state index contributed by atoms with van der Waals surface area (Å²) in [5.41, 5.74) is 0.0892. The fraction of sp³-hybridized carbons (Fsp3) is 0.500. The molecule has 0 aliphatic rings. The van der Waals surface area contributed by atoms with Crippen LogP contribution in [0.5, 0.6) is 0 Å². The van der Waals surface area contributed by atoms with E-state index in [9.17, 15) is 33.7 Å². The third kappa shape index (κ3) is 6.76. The monoisotopic (exact) mass is 526 g/mol. The van der Waals surface area contributed by atoms with E-state index in [1.807, 2.05) is 0 Å². The van der Waals surface area contributed by atoms with Crippen LogP contribution in [0.2, 0.25) is 0 Å². The molecule has 0 heterocycles. The van der Waals surface area contributed by atoms with Crippen LogP contribution in [0.3, 0.4) is 0 Å². The molecule has 0 aromatic heterocycles. The Morgan fingerprint density at radius 1 is 0.741 bits per heavy atom. The second-order valence-electron chi connectivity index (χ2n) is 5.80. The number of benzene rings is 1. The van der Waals surface area contributed by atoms with Crippen molar-refractivity contribution in [3.05, 3.63) is 34.3 Å². The maximum absolute atomic E-state index is 12.2. The van der Waals surface area contributed by atoms with E-state index in [0.717, 1.165) is 0 Å². The first-order chi connectivity index (χ1) is 11.8. The van der Waals surface area contributed by atoms with Crippen molar-refractivity contribution in [2.24, 2.45) is 0 Å². The molecule has 0 amide bonds. The van der Waals surface area contributed by atoms with Crippen LogP contribution in [0.1, 0.15) is 11.6 Å². The van der Waals surface area contributed by atoms with Crippen molar-refractivity contribution in [1.82, 2.24) is 7.42 Å². The highest BCUT2D eigenvalue weighted by molar-refractivity contribution is 9.10. The quantitative estimate of drug-likeness (QED) is 0.457. The molecule has 0 spiro atoms. The molecule has 27 heavy (non-hydrogen) atoms. The first-order valence-electron chi connectivity index (χ1n) is 6.98. The van der Waals surface area contributed by atoms with Gasteiger partial charge in [0, 0.05) is 4.47 Å². The average molecular weight is 527 g/mol. The van der Waals surface area contributed by atoms with Gasteiger partial charge in [-0.25, -0.2) is 33.7 Å². The van der Waals surface area contributed by atoms with Gasteiger partial charge in [-0.05, 0) is 17.7 Å². The first-order valence-corrected chi connectivity index (χ1v) is 15.2. The van der Waals surface area contributed by atoms with Crippen LogP contribution in [0.4, 0.5) is 0 Å². The van der Waals surface area contributed by atoms with Crippen molar-refractivity contribution in [2.75, 3.05) is 31.6 Å². The highest BCUT2D eigenvalue weighted by atomic mass is 79.9. The highest BCUT2D eigenvalue weighted by Gasteiger charge is 2.40. The molecule has 1 atom stereocenters. The smallest absolute Gasteiger partial charge is 0.212 e. The third-order valence-electron chi connectivity index (χ3n) is 3.22. The molecule has 0 aliphatic heterocycles. The molecular formula is C12H19BrN2O8S4. The molecule has 0 fully saturated rings. The molecule has 1 aromatic rings. The Hall–Kier alpha value is -0.580. The van der Waals surface area contributed by atoms with Gasteiger partial charge in [-0.3, -0.25) is 0 Å². The zero-order chi connectivity index (χ0) is 21.4. The summed E-state index contributed by atoms with van der Waals surface area (Å²) >= 11 is 3.17. The zero-order valence-electron chi connectivity index (χ0n) is 14.8. The minimum absolute atomic E-state index is 0.0655. The lowest BCUT2D eigenvalue weighted by Crippen LogP contribution is -2.46. The molecule has 0 radical (unpaired) electrons. The maximum atomic E-state index is 12.2. The Bertz CT molecular complexity index is 1050. The molecule has 0 bridgehead atoms. The van der Waals surface area contributed by atoms with Gasteiger partial charge >= 0.3 is 0 Å². The Morgan fingerprint density at radius 3 is 1.41 bits per heavy atom. The van der Waals surface area contributed by atoms with E-state index in [2.05, 4.69) is 15.9 Å². The minimum Gasteiger partial charge on any atom is -0.212 e. The van der Waals surface area contributed by atoms with Gasteiger partial charge in [-0.15, -0.1) is 0 Å². The summed E-state index contributed by atoms with van der Waals surface area (Å²) in [7, 11) is -17.5. The SMILES string of the molecule is CS(=O)(=O)N(CC(c1ccc(Br)cc1)N(S(C)(=O)=O)S(C)(=O)=O)S(C)(=O)=O. The molecule has 15 heteroatoms. The Balaban J connectivity index is 3.77. The van der Waals surface area contributed by atoms with Gasteiger partial charge in [-0.1, -0.05) is 35.5 Å². The van der Waals surface area contributed by atoms with Crippen LogP contribution >= 0.6 is 15.9 Å². The first kappa shape index (κ1) is 24.5. The lowest BCUT2D eigenvalue weighted by atomic mass is 10.1. The van der Waals surface area contributed by atoms with Gasteiger partial charge in [-0.2, -0.15) is 0 Å². The molecule has 0 saturated heterocycles. The van der Waals surface area contributed by atoms with Gasteiger partial charge in [0.1, 0.15) is 0 Å². The van der Waals surface area contributed by atoms with E-state index in [1.165, 1.54) is 24.3 Å². The van der Waals surface area contributed by atoms with Crippen molar-refractivity contribution < 1.29 is 33.7 Å². The van der Waals surface area contributed by atoms with E-state index in [4.69, 9.17) is 0 Å². The summed E-state index contributed by atoms with van der Waals surface area (Å²) < 4.78 is 97.2. The summed E-state index contributed by atoms with van der Waals surface area (Å²) in [6, 6.07) is 4.06. The van der Waals surface area contributed by atoms with Crippen LogP contribution in [-0.2, 0) is 40.1 Å². The maximum Gasteiger partial charge on any atom is 0.224 e. The fourth-order valence-corrected chi connectivity index (χ4v) is 8.67. The molecule has 0 saturated carbocycles. The van der Waals surface area contributed by atoms with Crippen LogP contribution in [0.25, 0.3) is 0 Å². The van der Waals surface area contributed by atoms with Crippen LogP contribution in [0, 0.1) is 0 Å². The van der Waals surface area contributed by atoms with Crippen molar-refractivity contribution in [2.45, 2.75) is 6.04 Å². The van der Waals surface area contributed by atoms with Crippen LogP contribution in [0.15, 0.2) is 28.7 Å². The number of nitrogens with zero attached hydrogens (tertiary/aromatic N) is 2. The molecule has 10 nitrogen and oxygen atoms in total. The van der Waals surface area contributed by atoms with Gasteiger partial charge in [0.15, 0.2) is 0 Å². The highest BCUT2D eigenvalue weighted by Crippen LogP contribution is 2.29. The fourth-order valence-electron chi connectivity index (χ4n) is 2.34. The number of hydrogen-bond donors (Lipinski definition) is 0. The number of sulfonamides is 4. The second-order valence-corrected chi connectivity index (χ2v) is 14.7. The van der Waals surface area contributed by atoms with E-state index in [1.54, 1.807) is 0 Å². The molecular weight excluding hydrogens is 508 g/mol. The van der Waals surface area contributed by atoms with Crippen molar-refractivity contribution >= 4 is 56.0 Å². The minimum atomic E-state index is -4.40. The lowest BCUT2D eigenvalue weighted by Gasteiger charge is -2.31. The van der Waals surface area contributed by atoms with E-state index >= 15 is 0 Å². The molecule has 0 N–H and O–H groups in total. The predicted octanol–water partition coefficient (Wildman–Crippen LogP) is -0.0674. The molecule has 1 aromatic carbocycles. The second kappa shape index (κ2) is 8.04. The largest absolute Gasteiger partial charge is 0.224 e. The van der Waals surface area contributed by atoms with E-state index in [0.29, 0.717) is 29.5 Å². The summed E-state index contributed by atoms with van der Waals surface area (Å²) in [6.45, 7) is -0.945. The topological polar surface area (TPSA) is 143 Å². The zero-order valence-corrected chi connectivity index (χ0v) is 19.6. The lowest BCUT2D eigenvalue weighted by molar-refractivity contribution is 0.388. The molecule has 0 aliphatic carbocycles. The van der Waals surface area contributed by atoms with Crippen molar-refractivity contribution in [3.63, 3.8) is 0 Å². The van der Waals surface area contributed by atoms with Crippen molar-refractivity contribution in [3.8, 4) is 0 Å². The van der Waals surface area contributed by atoms with Gasteiger partial charge in [0.2, 0.25) is 40.1 Å². The van der Waals surface area contributed by atoms with Gasteiger partial charge < -0.3 is 0 Å². The van der Waals surface area contributed by atoms with Crippen LogP contribution in [-0.4, -0.2) is 72.7 Å². The van der Waals surface area contributed by atoms with Crippen molar-refractivity contribution in [1.29, 1.82) is 0 Å². The van der Waals surface area contributed by atoms with Gasteiger partial charge in [0.25, 0.3) is 0 Å². The Morgan fingerprint density at radius 2 is 1.11 bits per heavy atom.